The molecule has 3 N–H and O–H groups in total. The molecule has 0 bridgehead atoms. The van der Waals surface area contributed by atoms with E-state index in [1.54, 1.807) is 6.20 Å². The van der Waals surface area contributed by atoms with Gasteiger partial charge in [0.2, 0.25) is 5.91 Å². The number of hydrogen-bond donors (Lipinski definition) is 2. The van der Waals surface area contributed by atoms with Crippen molar-refractivity contribution in [2.45, 2.75) is 44.1 Å². The van der Waals surface area contributed by atoms with Crippen LogP contribution < -0.4 is 11.1 Å². The Morgan fingerprint density at radius 3 is 2.77 bits per heavy atom. The molecule has 1 aromatic heterocycles. The van der Waals surface area contributed by atoms with E-state index >= 15 is 0 Å². The van der Waals surface area contributed by atoms with Crippen molar-refractivity contribution < 1.29 is 4.79 Å². The molecule has 1 aromatic carbocycles. The molecule has 0 spiro atoms. The molecule has 3 rings (SSSR count). The number of aromatic nitrogens is 1. The lowest BCUT2D eigenvalue weighted by molar-refractivity contribution is -0.127. The molecule has 22 heavy (non-hydrogen) atoms. The first kappa shape index (κ1) is 15.0. The topological polar surface area (TPSA) is 68.0 Å². The van der Waals surface area contributed by atoms with Crippen molar-refractivity contribution in [2.24, 2.45) is 5.73 Å². The minimum absolute atomic E-state index is 0.000367. The van der Waals surface area contributed by atoms with Gasteiger partial charge >= 0.3 is 0 Å². The third-order valence-electron chi connectivity index (χ3n) is 4.59. The lowest BCUT2D eigenvalue weighted by Gasteiger charge is -2.31. The van der Waals surface area contributed by atoms with Gasteiger partial charge in [0.05, 0.1) is 11.1 Å². The number of carbonyl (C=O) groups is 1. The minimum Gasteiger partial charge on any atom is -0.354 e. The van der Waals surface area contributed by atoms with Gasteiger partial charge in [-0.25, -0.2) is 0 Å². The summed E-state index contributed by atoms with van der Waals surface area (Å²) in [5.74, 6) is 0.000367. The molecule has 1 aliphatic carbocycles. The molecular weight excluding hydrogens is 274 g/mol. The number of pyridine rings is 1. The third kappa shape index (κ3) is 3.12. The number of nitrogens with two attached hydrogens (primary N) is 1. The average Bonchev–Trinajstić information content (AvgIpc) is 2.55. The zero-order valence-electron chi connectivity index (χ0n) is 12.8. The molecule has 1 saturated carbocycles. The number of nitrogens with one attached hydrogen (secondary N) is 1. The second-order valence-electron chi connectivity index (χ2n) is 6.21. The van der Waals surface area contributed by atoms with Gasteiger partial charge in [0.1, 0.15) is 0 Å². The molecule has 1 amide bonds. The van der Waals surface area contributed by atoms with Crippen LogP contribution in [0.3, 0.4) is 0 Å². The Kier molecular flexibility index (Phi) is 4.39. The molecule has 0 aliphatic heterocycles. The second kappa shape index (κ2) is 6.44. The fourth-order valence-electron chi connectivity index (χ4n) is 3.27. The van der Waals surface area contributed by atoms with E-state index in [1.807, 2.05) is 12.1 Å². The highest BCUT2D eigenvalue weighted by Gasteiger charge is 2.34. The third-order valence-corrected chi connectivity index (χ3v) is 4.59. The number of nitrogens with zero attached hydrogens (tertiary/aromatic N) is 1. The molecule has 1 aliphatic rings. The summed E-state index contributed by atoms with van der Waals surface area (Å²) in [5, 5.41) is 4.15. The van der Waals surface area contributed by atoms with Crippen LogP contribution in [0.5, 0.6) is 0 Å². The molecule has 4 heteroatoms. The van der Waals surface area contributed by atoms with Gasteiger partial charge in [0.25, 0.3) is 0 Å². The summed E-state index contributed by atoms with van der Waals surface area (Å²) in [6.07, 6.45) is 7.48. The maximum absolute atomic E-state index is 12.3. The molecular formula is C18H23N3O. The predicted molar refractivity (Wildman–Crippen MR) is 88.5 cm³/mol. The summed E-state index contributed by atoms with van der Waals surface area (Å²) >= 11 is 0. The normalized spacial score (nSPS) is 17.3. The van der Waals surface area contributed by atoms with Crippen LogP contribution in [0.2, 0.25) is 0 Å². The molecule has 0 unspecified atom stereocenters. The number of fused-ring (bicyclic) bond motifs is 1. The van der Waals surface area contributed by atoms with Gasteiger partial charge in [-0.3, -0.25) is 9.78 Å². The van der Waals surface area contributed by atoms with Crippen LogP contribution >= 0.6 is 0 Å². The number of rotatable bonds is 4. The summed E-state index contributed by atoms with van der Waals surface area (Å²) < 4.78 is 0. The van der Waals surface area contributed by atoms with E-state index in [2.05, 4.69) is 28.5 Å². The average molecular weight is 297 g/mol. The first-order valence-electron chi connectivity index (χ1n) is 8.09. The van der Waals surface area contributed by atoms with E-state index in [0.717, 1.165) is 48.6 Å². The number of amides is 1. The van der Waals surface area contributed by atoms with Gasteiger partial charge in [0.15, 0.2) is 0 Å². The highest BCUT2D eigenvalue weighted by molar-refractivity contribution is 5.86. The van der Waals surface area contributed by atoms with E-state index in [-0.39, 0.29) is 5.91 Å². The van der Waals surface area contributed by atoms with E-state index in [1.165, 1.54) is 6.42 Å². The molecule has 1 heterocycles. The minimum atomic E-state index is -0.657. The lowest BCUT2D eigenvalue weighted by Crippen LogP contribution is -2.55. The van der Waals surface area contributed by atoms with Crippen molar-refractivity contribution in [3.05, 3.63) is 42.1 Å². The molecule has 0 radical (unpaired) electrons. The number of hydrogen-bond acceptors (Lipinski definition) is 3. The van der Waals surface area contributed by atoms with Gasteiger partial charge in [-0.15, -0.1) is 0 Å². The lowest BCUT2D eigenvalue weighted by atomic mass is 9.82. The zero-order chi connectivity index (χ0) is 15.4. The summed E-state index contributed by atoms with van der Waals surface area (Å²) in [4.78, 5) is 16.8. The highest BCUT2D eigenvalue weighted by Crippen LogP contribution is 2.26. The van der Waals surface area contributed by atoms with Crippen LogP contribution in [-0.4, -0.2) is 23.0 Å². The fourth-order valence-corrected chi connectivity index (χ4v) is 3.27. The van der Waals surface area contributed by atoms with E-state index < -0.39 is 5.54 Å². The Morgan fingerprint density at radius 2 is 1.95 bits per heavy atom. The number of carbonyl (C=O) groups excluding carboxylic acids is 1. The van der Waals surface area contributed by atoms with Gasteiger partial charge < -0.3 is 11.1 Å². The predicted octanol–water partition coefficient (Wildman–Crippen LogP) is 2.56. The molecule has 4 nitrogen and oxygen atoms in total. The summed E-state index contributed by atoms with van der Waals surface area (Å²) in [6.45, 7) is 0.605. The standard InChI is InChI=1S/C18H23N3O/c19-18(10-2-1-3-11-18)17(22)21-13-9-15-7-4-6-14-8-5-12-20-16(14)15/h4-8,12H,1-3,9-11,13,19H2,(H,21,22). The van der Waals surface area contributed by atoms with Gasteiger partial charge in [-0.1, -0.05) is 43.5 Å². The van der Waals surface area contributed by atoms with E-state index in [4.69, 9.17) is 5.73 Å². The first-order valence-corrected chi connectivity index (χ1v) is 8.09. The van der Waals surface area contributed by atoms with Crippen molar-refractivity contribution in [3.63, 3.8) is 0 Å². The van der Waals surface area contributed by atoms with Crippen molar-refractivity contribution in [1.29, 1.82) is 0 Å². The van der Waals surface area contributed by atoms with Crippen molar-refractivity contribution in [3.8, 4) is 0 Å². The van der Waals surface area contributed by atoms with Crippen molar-refractivity contribution in [1.82, 2.24) is 10.3 Å². The van der Waals surface area contributed by atoms with Crippen LogP contribution in [-0.2, 0) is 11.2 Å². The molecule has 2 aromatic rings. The molecule has 116 valence electrons. The molecule has 1 fully saturated rings. The monoisotopic (exact) mass is 297 g/mol. The summed E-state index contributed by atoms with van der Waals surface area (Å²) in [6, 6.07) is 10.2. The van der Waals surface area contributed by atoms with Crippen LogP contribution in [0.15, 0.2) is 36.5 Å². The Morgan fingerprint density at radius 1 is 1.18 bits per heavy atom. The van der Waals surface area contributed by atoms with Crippen molar-refractivity contribution in [2.75, 3.05) is 6.54 Å². The second-order valence-corrected chi connectivity index (χ2v) is 6.21. The fraction of sp³-hybridized carbons (Fsp3) is 0.444. The Bertz CT molecular complexity index is 657. The van der Waals surface area contributed by atoms with Gasteiger partial charge in [-0.2, -0.15) is 0 Å². The van der Waals surface area contributed by atoms with Crippen LogP contribution in [0.1, 0.15) is 37.7 Å². The first-order chi connectivity index (χ1) is 10.7. The summed E-state index contributed by atoms with van der Waals surface area (Å²) in [5.41, 5.74) is 7.76. The zero-order valence-corrected chi connectivity index (χ0v) is 12.8. The van der Waals surface area contributed by atoms with Gasteiger partial charge in [-0.05, 0) is 30.9 Å². The van der Waals surface area contributed by atoms with Crippen molar-refractivity contribution >= 4 is 16.8 Å². The number of para-hydroxylation sites is 1. The SMILES string of the molecule is NC1(C(=O)NCCc2cccc3cccnc23)CCCCC1. The number of benzene rings is 1. The van der Waals surface area contributed by atoms with Crippen LogP contribution in [0, 0.1) is 0 Å². The molecule has 0 atom stereocenters. The quantitative estimate of drug-likeness (QED) is 0.911. The Labute approximate surface area is 131 Å². The highest BCUT2D eigenvalue weighted by atomic mass is 16.2. The Balaban J connectivity index is 1.61. The maximum atomic E-state index is 12.3. The van der Waals surface area contributed by atoms with Gasteiger partial charge in [0, 0.05) is 18.1 Å². The smallest absolute Gasteiger partial charge is 0.240 e. The largest absolute Gasteiger partial charge is 0.354 e. The maximum Gasteiger partial charge on any atom is 0.240 e. The summed E-state index contributed by atoms with van der Waals surface area (Å²) in [7, 11) is 0. The van der Waals surface area contributed by atoms with E-state index in [0.29, 0.717) is 6.54 Å². The van der Waals surface area contributed by atoms with Crippen LogP contribution in [0.25, 0.3) is 10.9 Å². The molecule has 0 saturated heterocycles. The van der Waals surface area contributed by atoms with E-state index in [9.17, 15) is 4.79 Å². The van der Waals surface area contributed by atoms with Crippen LogP contribution in [0.4, 0.5) is 0 Å². The Hall–Kier alpha value is -1.94.